The number of hydrogen-bond donors (Lipinski definition) is 1. The lowest BCUT2D eigenvalue weighted by Gasteiger charge is -2.05. The molecule has 0 radical (unpaired) electrons. The summed E-state index contributed by atoms with van der Waals surface area (Å²) >= 11 is 1.87. The number of hydrogen-bond acceptors (Lipinski definition) is 5. The van der Waals surface area contributed by atoms with Gasteiger partial charge in [-0.3, -0.25) is 4.79 Å². The molecule has 0 aromatic heterocycles. The maximum atomic E-state index is 11.5. The molecule has 6 nitrogen and oxygen atoms in total. The van der Waals surface area contributed by atoms with E-state index < -0.39 is 11.9 Å². The third kappa shape index (κ3) is 5.25. The molecule has 1 N–H and O–H groups in total. The topological polar surface area (TPSA) is 89.9 Å². The molecule has 1 rings (SSSR count). The predicted molar refractivity (Wildman–Crippen MR) is 73.5 cm³/mol. The zero-order valence-electron chi connectivity index (χ0n) is 9.80. The van der Waals surface area contributed by atoms with Crippen molar-refractivity contribution in [3.63, 3.8) is 0 Å². The number of benzene rings is 1. The van der Waals surface area contributed by atoms with Gasteiger partial charge in [-0.1, -0.05) is 22.6 Å². The van der Waals surface area contributed by atoms with Crippen LogP contribution in [-0.4, -0.2) is 40.7 Å². The summed E-state index contributed by atoms with van der Waals surface area (Å²) in [5.74, 6) is -2.03. The van der Waals surface area contributed by atoms with E-state index in [2.05, 4.69) is 0 Å². The lowest BCUT2D eigenvalue weighted by Crippen LogP contribution is -2.14. The van der Waals surface area contributed by atoms with Crippen molar-refractivity contribution >= 4 is 40.5 Å². The van der Waals surface area contributed by atoms with Crippen LogP contribution >= 0.6 is 22.6 Å². The number of halogens is 1. The van der Waals surface area contributed by atoms with E-state index in [0.717, 1.165) is 0 Å². The SMILES string of the molecule is O=C(CI)OCCOC(=O)c1ccc(C(=O)O)cc1. The first-order valence-corrected chi connectivity index (χ1v) is 6.79. The van der Waals surface area contributed by atoms with Crippen LogP contribution in [0.15, 0.2) is 24.3 Å². The molecule has 0 fully saturated rings. The van der Waals surface area contributed by atoms with Crippen LogP contribution in [0, 0.1) is 0 Å². The molecule has 0 spiro atoms. The Balaban J connectivity index is 2.41. The molecule has 0 unspecified atom stereocenters. The molecular formula is C12H11IO6. The fourth-order valence-electron chi connectivity index (χ4n) is 1.16. The standard InChI is InChI=1S/C12H11IO6/c13-7-10(14)18-5-6-19-12(17)9-3-1-8(2-4-9)11(15)16/h1-4H,5-7H2,(H,15,16). The van der Waals surface area contributed by atoms with Gasteiger partial charge in [-0.25, -0.2) is 9.59 Å². The molecule has 7 heteroatoms. The lowest BCUT2D eigenvalue weighted by atomic mass is 10.1. The van der Waals surface area contributed by atoms with E-state index in [1.54, 1.807) is 0 Å². The van der Waals surface area contributed by atoms with Gasteiger partial charge in [0.25, 0.3) is 0 Å². The number of aromatic carboxylic acids is 1. The highest BCUT2D eigenvalue weighted by Gasteiger charge is 2.09. The summed E-state index contributed by atoms with van der Waals surface area (Å²) < 4.78 is 9.82. The second-order valence-corrected chi connectivity index (χ2v) is 4.14. The van der Waals surface area contributed by atoms with Crippen molar-refractivity contribution in [3.05, 3.63) is 35.4 Å². The minimum absolute atomic E-state index is 0.000778. The van der Waals surface area contributed by atoms with Gasteiger partial charge in [0.2, 0.25) is 0 Å². The van der Waals surface area contributed by atoms with Crippen molar-refractivity contribution in [2.75, 3.05) is 17.6 Å². The van der Waals surface area contributed by atoms with E-state index in [4.69, 9.17) is 14.6 Å². The summed E-state index contributed by atoms with van der Waals surface area (Å²) in [6, 6.07) is 5.36. The maximum Gasteiger partial charge on any atom is 0.338 e. The molecule has 19 heavy (non-hydrogen) atoms. The minimum atomic E-state index is -1.06. The van der Waals surface area contributed by atoms with Crippen LogP contribution in [-0.2, 0) is 14.3 Å². The third-order valence-corrected chi connectivity index (χ3v) is 2.68. The number of esters is 2. The summed E-state index contributed by atoms with van der Waals surface area (Å²) in [6.07, 6.45) is 0. The second-order valence-electron chi connectivity index (χ2n) is 3.37. The molecule has 0 saturated carbocycles. The number of alkyl halides is 1. The van der Waals surface area contributed by atoms with Crippen molar-refractivity contribution in [3.8, 4) is 0 Å². The third-order valence-electron chi connectivity index (χ3n) is 2.06. The largest absolute Gasteiger partial charge is 0.478 e. The molecule has 0 saturated heterocycles. The second kappa shape index (κ2) is 7.72. The molecular weight excluding hydrogens is 367 g/mol. The summed E-state index contributed by atoms with van der Waals surface area (Å²) in [4.78, 5) is 33.0. The average molecular weight is 378 g/mol. The van der Waals surface area contributed by atoms with E-state index in [9.17, 15) is 14.4 Å². The van der Waals surface area contributed by atoms with E-state index in [-0.39, 0.29) is 34.7 Å². The van der Waals surface area contributed by atoms with E-state index >= 15 is 0 Å². The number of carbonyl (C=O) groups is 3. The van der Waals surface area contributed by atoms with E-state index in [0.29, 0.717) is 0 Å². The molecule has 102 valence electrons. The fraction of sp³-hybridized carbons (Fsp3) is 0.250. The van der Waals surface area contributed by atoms with Crippen LogP contribution in [0.2, 0.25) is 0 Å². The first-order chi connectivity index (χ1) is 9.04. The van der Waals surface area contributed by atoms with Crippen LogP contribution in [0.25, 0.3) is 0 Å². The quantitative estimate of drug-likeness (QED) is 0.350. The highest BCUT2D eigenvalue weighted by Crippen LogP contribution is 2.06. The Labute approximate surface area is 122 Å². The van der Waals surface area contributed by atoms with Crippen LogP contribution < -0.4 is 0 Å². The smallest absolute Gasteiger partial charge is 0.338 e. The zero-order valence-corrected chi connectivity index (χ0v) is 12.0. The van der Waals surface area contributed by atoms with Crippen molar-refractivity contribution in [2.45, 2.75) is 0 Å². The Morgan fingerprint density at radius 2 is 1.53 bits per heavy atom. The lowest BCUT2D eigenvalue weighted by molar-refractivity contribution is -0.141. The zero-order chi connectivity index (χ0) is 14.3. The van der Waals surface area contributed by atoms with Gasteiger partial charge in [-0.05, 0) is 24.3 Å². The van der Waals surface area contributed by atoms with Gasteiger partial charge in [0.05, 0.1) is 15.6 Å². The molecule has 0 aliphatic carbocycles. The molecule has 0 atom stereocenters. The minimum Gasteiger partial charge on any atom is -0.478 e. The van der Waals surface area contributed by atoms with Crippen LogP contribution in [0.3, 0.4) is 0 Å². The van der Waals surface area contributed by atoms with E-state index in [1.165, 1.54) is 24.3 Å². The first kappa shape index (κ1) is 15.4. The molecule has 1 aromatic rings. The summed E-state index contributed by atoms with van der Waals surface area (Å²) in [7, 11) is 0. The Morgan fingerprint density at radius 3 is 2.05 bits per heavy atom. The van der Waals surface area contributed by atoms with Crippen LogP contribution in [0.1, 0.15) is 20.7 Å². The van der Waals surface area contributed by atoms with Crippen molar-refractivity contribution in [2.24, 2.45) is 0 Å². The summed E-state index contributed by atoms with van der Waals surface area (Å²) in [6.45, 7) is -0.0390. The van der Waals surface area contributed by atoms with Gasteiger partial charge < -0.3 is 14.6 Å². The highest BCUT2D eigenvalue weighted by molar-refractivity contribution is 14.1. The number of carboxylic acid groups (broad SMARTS) is 1. The molecule has 1 aromatic carbocycles. The highest BCUT2D eigenvalue weighted by atomic mass is 127. The fourth-order valence-corrected chi connectivity index (χ4v) is 1.38. The van der Waals surface area contributed by atoms with Crippen molar-refractivity contribution in [1.82, 2.24) is 0 Å². The number of rotatable bonds is 6. The predicted octanol–water partition coefficient (Wildman–Crippen LogP) is 1.52. The van der Waals surface area contributed by atoms with Crippen molar-refractivity contribution < 1.29 is 29.0 Å². The van der Waals surface area contributed by atoms with Crippen molar-refractivity contribution in [1.29, 1.82) is 0 Å². The molecule has 0 aliphatic heterocycles. The van der Waals surface area contributed by atoms with Crippen LogP contribution in [0.5, 0.6) is 0 Å². The average Bonchev–Trinajstić information content (AvgIpc) is 2.43. The first-order valence-electron chi connectivity index (χ1n) is 5.26. The van der Waals surface area contributed by atoms with Gasteiger partial charge in [0, 0.05) is 0 Å². The number of carbonyl (C=O) groups excluding carboxylic acids is 2. The summed E-state index contributed by atoms with van der Waals surface area (Å²) in [5.41, 5.74) is 0.331. The van der Waals surface area contributed by atoms with Crippen LogP contribution in [0.4, 0.5) is 0 Å². The van der Waals surface area contributed by atoms with Gasteiger partial charge in [-0.15, -0.1) is 0 Å². The van der Waals surface area contributed by atoms with Gasteiger partial charge >= 0.3 is 17.9 Å². The van der Waals surface area contributed by atoms with Gasteiger partial charge in [0.1, 0.15) is 13.2 Å². The monoisotopic (exact) mass is 378 g/mol. The number of carboxylic acids is 1. The molecule has 0 heterocycles. The number of ether oxygens (including phenoxy) is 2. The van der Waals surface area contributed by atoms with E-state index in [1.807, 2.05) is 22.6 Å². The Bertz CT molecular complexity index is 468. The Kier molecular flexibility index (Phi) is 6.26. The Morgan fingerprint density at radius 1 is 1.00 bits per heavy atom. The maximum absolute atomic E-state index is 11.5. The Hall–Kier alpha value is -1.64. The normalized spacial score (nSPS) is 9.74. The van der Waals surface area contributed by atoms with Gasteiger partial charge in [0.15, 0.2) is 0 Å². The summed E-state index contributed by atoms with van der Waals surface area (Å²) in [5, 5.41) is 8.70. The van der Waals surface area contributed by atoms with Gasteiger partial charge in [-0.2, -0.15) is 0 Å². The molecule has 0 bridgehead atoms. The molecule has 0 amide bonds. The molecule has 0 aliphatic rings.